The van der Waals surface area contributed by atoms with Crippen molar-refractivity contribution >= 4 is 17.3 Å². The lowest BCUT2D eigenvalue weighted by Gasteiger charge is -2.35. The van der Waals surface area contributed by atoms with Crippen molar-refractivity contribution in [2.45, 2.75) is 45.7 Å². The average Bonchev–Trinajstić information content (AvgIpc) is 2.97. The number of hydrogen-bond acceptors (Lipinski definition) is 3. The van der Waals surface area contributed by atoms with Gasteiger partial charge in [0.1, 0.15) is 0 Å². The first kappa shape index (κ1) is 15.4. The Kier molecular flexibility index (Phi) is 4.71. The third kappa shape index (κ3) is 3.46. The summed E-state index contributed by atoms with van der Waals surface area (Å²) in [5.74, 6) is 3.06. The average molecular weight is 320 g/mol. The van der Waals surface area contributed by atoms with Crippen LogP contribution in [0.15, 0.2) is 18.2 Å². The van der Waals surface area contributed by atoms with Crippen LogP contribution >= 0.6 is 12.2 Å². The van der Waals surface area contributed by atoms with Crippen molar-refractivity contribution in [3.8, 4) is 11.5 Å². The van der Waals surface area contributed by atoms with E-state index in [0.717, 1.165) is 28.1 Å². The van der Waals surface area contributed by atoms with Crippen LogP contribution in [0.4, 0.5) is 0 Å². The molecule has 1 aliphatic carbocycles. The molecule has 5 heteroatoms. The Hall–Kier alpha value is -1.49. The normalized spacial score (nSPS) is 26.5. The molecular weight excluding hydrogens is 296 g/mol. The van der Waals surface area contributed by atoms with Gasteiger partial charge in [0.15, 0.2) is 16.6 Å². The van der Waals surface area contributed by atoms with Crippen LogP contribution in [0, 0.1) is 11.8 Å². The van der Waals surface area contributed by atoms with E-state index < -0.39 is 0 Å². The molecule has 1 aromatic rings. The number of rotatable bonds is 3. The van der Waals surface area contributed by atoms with Gasteiger partial charge in [-0.15, -0.1) is 0 Å². The van der Waals surface area contributed by atoms with E-state index in [1.165, 1.54) is 19.3 Å². The minimum absolute atomic E-state index is 0.309. The minimum atomic E-state index is 0.309. The molecule has 0 saturated heterocycles. The Labute approximate surface area is 137 Å². The summed E-state index contributed by atoms with van der Waals surface area (Å²) < 4.78 is 10.7. The number of fused-ring (bicyclic) bond motifs is 1. The van der Waals surface area contributed by atoms with Crippen LogP contribution in [0.1, 0.15) is 38.7 Å². The molecule has 1 saturated carbocycles. The summed E-state index contributed by atoms with van der Waals surface area (Å²) in [7, 11) is 0. The molecule has 2 aliphatic rings. The molecule has 2 N–H and O–H groups in total. The van der Waals surface area contributed by atoms with Crippen molar-refractivity contribution in [3.05, 3.63) is 23.8 Å². The standard InChI is InChI=1S/C17H24N2O2S/c1-11-4-3-5-14(12(11)2)19-17(22)18-9-13-6-7-15-16(8-13)21-10-20-15/h6-8,11-12,14H,3-5,9-10H2,1-2H3,(H2,18,19,22)/t11-,12+,14-/m0/s1. The van der Waals surface area contributed by atoms with Gasteiger partial charge in [0.05, 0.1) is 0 Å². The minimum Gasteiger partial charge on any atom is -0.454 e. The highest BCUT2D eigenvalue weighted by Gasteiger charge is 2.27. The van der Waals surface area contributed by atoms with E-state index >= 15 is 0 Å². The van der Waals surface area contributed by atoms with Gasteiger partial charge in [0.25, 0.3) is 0 Å². The number of hydrogen-bond donors (Lipinski definition) is 2. The van der Waals surface area contributed by atoms with Gasteiger partial charge >= 0.3 is 0 Å². The predicted molar refractivity (Wildman–Crippen MR) is 91.1 cm³/mol. The van der Waals surface area contributed by atoms with Gasteiger partial charge in [0, 0.05) is 12.6 Å². The highest BCUT2D eigenvalue weighted by molar-refractivity contribution is 7.80. The predicted octanol–water partition coefficient (Wildman–Crippen LogP) is 3.20. The second kappa shape index (κ2) is 6.73. The molecular formula is C17H24N2O2S. The maximum atomic E-state index is 5.45. The molecule has 0 unspecified atom stereocenters. The lowest BCUT2D eigenvalue weighted by Crippen LogP contribution is -2.47. The second-order valence-corrected chi connectivity index (χ2v) is 6.80. The van der Waals surface area contributed by atoms with Gasteiger partial charge in [-0.05, 0) is 48.2 Å². The summed E-state index contributed by atoms with van der Waals surface area (Å²) in [4.78, 5) is 0. The third-order valence-electron chi connectivity index (χ3n) is 4.91. The molecule has 0 radical (unpaired) electrons. The van der Waals surface area contributed by atoms with E-state index in [9.17, 15) is 0 Å². The van der Waals surface area contributed by atoms with Crippen molar-refractivity contribution in [2.24, 2.45) is 11.8 Å². The molecule has 0 bridgehead atoms. The largest absolute Gasteiger partial charge is 0.454 e. The maximum Gasteiger partial charge on any atom is 0.231 e. The van der Waals surface area contributed by atoms with Crippen molar-refractivity contribution in [1.29, 1.82) is 0 Å². The smallest absolute Gasteiger partial charge is 0.231 e. The first-order valence-electron chi connectivity index (χ1n) is 8.06. The SMILES string of the molecule is C[C@H]1[C@@H](NC(=S)NCc2ccc3c(c2)OCO3)CCC[C@@H]1C. The molecule has 3 atom stereocenters. The van der Waals surface area contributed by atoms with Gasteiger partial charge in [0.2, 0.25) is 6.79 Å². The second-order valence-electron chi connectivity index (χ2n) is 6.39. The van der Waals surface area contributed by atoms with E-state index in [0.29, 0.717) is 25.3 Å². The van der Waals surface area contributed by atoms with Gasteiger partial charge < -0.3 is 20.1 Å². The Bertz CT molecular complexity index is 549. The van der Waals surface area contributed by atoms with Gasteiger partial charge in [-0.25, -0.2) is 0 Å². The lowest BCUT2D eigenvalue weighted by atomic mass is 9.78. The summed E-state index contributed by atoms with van der Waals surface area (Å²) in [6.45, 7) is 5.66. The fraction of sp³-hybridized carbons (Fsp3) is 0.588. The zero-order valence-corrected chi connectivity index (χ0v) is 14.0. The Morgan fingerprint density at radius 1 is 1.23 bits per heavy atom. The van der Waals surface area contributed by atoms with Crippen LogP contribution in [0.3, 0.4) is 0 Å². The van der Waals surface area contributed by atoms with Crippen LogP contribution in [0.2, 0.25) is 0 Å². The fourth-order valence-electron chi connectivity index (χ4n) is 3.24. The molecule has 0 amide bonds. The first-order valence-corrected chi connectivity index (χ1v) is 8.47. The van der Waals surface area contributed by atoms with Crippen LogP contribution in [-0.2, 0) is 6.54 Å². The van der Waals surface area contributed by atoms with E-state index in [-0.39, 0.29) is 0 Å². The van der Waals surface area contributed by atoms with E-state index in [1.54, 1.807) is 0 Å². The molecule has 22 heavy (non-hydrogen) atoms. The third-order valence-corrected chi connectivity index (χ3v) is 5.18. The quantitative estimate of drug-likeness (QED) is 0.837. The molecule has 4 nitrogen and oxygen atoms in total. The number of thiocarbonyl (C=S) groups is 1. The highest BCUT2D eigenvalue weighted by Crippen LogP contribution is 2.32. The summed E-state index contributed by atoms with van der Waals surface area (Å²) in [6, 6.07) is 6.47. The molecule has 3 rings (SSSR count). The number of ether oxygens (including phenoxy) is 2. The molecule has 120 valence electrons. The Balaban J connectivity index is 1.50. The lowest BCUT2D eigenvalue weighted by molar-refractivity contribution is 0.174. The molecule has 1 aliphatic heterocycles. The van der Waals surface area contributed by atoms with E-state index in [4.69, 9.17) is 21.7 Å². The molecule has 0 spiro atoms. The van der Waals surface area contributed by atoms with Crippen LogP contribution < -0.4 is 20.1 Å². The van der Waals surface area contributed by atoms with Crippen LogP contribution in [0.25, 0.3) is 0 Å². The Morgan fingerprint density at radius 2 is 2.05 bits per heavy atom. The fourth-order valence-corrected chi connectivity index (χ4v) is 3.46. The first-order chi connectivity index (χ1) is 10.6. The van der Waals surface area contributed by atoms with Crippen LogP contribution in [-0.4, -0.2) is 17.9 Å². The molecule has 1 aromatic carbocycles. The van der Waals surface area contributed by atoms with Gasteiger partial charge in [-0.1, -0.05) is 32.8 Å². The number of nitrogens with one attached hydrogen (secondary N) is 2. The topological polar surface area (TPSA) is 42.5 Å². The highest BCUT2D eigenvalue weighted by atomic mass is 32.1. The van der Waals surface area contributed by atoms with Crippen molar-refractivity contribution in [2.75, 3.05) is 6.79 Å². The molecule has 1 fully saturated rings. The maximum absolute atomic E-state index is 5.45. The van der Waals surface area contributed by atoms with Crippen molar-refractivity contribution in [3.63, 3.8) is 0 Å². The summed E-state index contributed by atoms with van der Waals surface area (Å²) >= 11 is 5.45. The summed E-state index contributed by atoms with van der Waals surface area (Å²) in [6.07, 6.45) is 3.82. The van der Waals surface area contributed by atoms with Crippen LogP contribution in [0.5, 0.6) is 11.5 Å². The zero-order chi connectivity index (χ0) is 15.5. The summed E-state index contributed by atoms with van der Waals surface area (Å²) in [5, 5.41) is 7.52. The van der Waals surface area contributed by atoms with Gasteiger partial charge in [-0.2, -0.15) is 0 Å². The Morgan fingerprint density at radius 3 is 2.91 bits per heavy atom. The van der Waals surface area contributed by atoms with E-state index in [2.05, 4.69) is 24.5 Å². The van der Waals surface area contributed by atoms with Gasteiger partial charge in [-0.3, -0.25) is 0 Å². The monoisotopic (exact) mass is 320 g/mol. The number of benzene rings is 1. The molecule has 0 aromatic heterocycles. The summed E-state index contributed by atoms with van der Waals surface area (Å²) in [5.41, 5.74) is 1.14. The van der Waals surface area contributed by atoms with Crippen molar-refractivity contribution in [1.82, 2.24) is 10.6 Å². The van der Waals surface area contributed by atoms with E-state index in [1.807, 2.05) is 18.2 Å². The van der Waals surface area contributed by atoms with Crippen molar-refractivity contribution < 1.29 is 9.47 Å². The molecule has 1 heterocycles. The zero-order valence-electron chi connectivity index (χ0n) is 13.2.